The number of aryl methyl sites for hydroxylation is 1. The van der Waals surface area contributed by atoms with Gasteiger partial charge >= 0.3 is 0 Å². The average molecular weight is 507 g/mol. The second kappa shape index (κ2) is 10.3. The van der Waals surface area contributed by atoms with Crippen LogP contribution in [0.5, 0.6) is 11.5 Å². The van der Waals surface area contributed by atoms with E-state index in [0.29, 0.717) is 34.8 Å². The SMILES string of the molecule is CCOc1cc(C=Nc2cccc(C)c2C)cc(Br)c1OCc1ccc(Cl)cc1Cl. The number of benzene rings is 3. The third kappa shape index (κ3) is 5.57. The number of aliphatic imine (C=N–C) groups is 1. The first kappa shape index (κ1) is 22.7. The molecule has 0 N–H and O–H groups in total. The van der Waals surface area contributed by atoms with Gasteiger partial charge in [-0.25, -0.2) is 0 Å². The Labute approximate surface area is 195 Å². The lowest BCUT2D eigenvalue weighted by Gasteiger charge is -2.15. The fourth-order valence-corrected chi connectivity index (χ4v) is 3.91. The van der Waals surface area contributed by atoms with Crippen molar-refractivity contribution in [2.75, 3.05) is 6.61 Å². The summed E-state index contributed by atoms with van der Waals surface area (Å²) >= 11 is 15.8. The summed E-state index contributed by atoms with van der Waals surface area (Å²) in [6.45, 7) is 6.90. The van der Waals surface area contributed by atoms with Crippen LogP contribution in [0.25, 0.3) is 0 Å². The van der Waals surface area contributed by atoms with Crippen molar-refractivity contribution in [3.8, 4) is 11.5 Å². The predicted molar refractivity (Wildman–Crippen MR) is 129 cm³/mol. The Kier molecular flexibility index (Phi) is 7.81. The molecule has 0 aliphatic rings. The van der Waals surface area contributed by atoms with Crippen LogP contribution in [0.4, 0.5) is 5.69 Å². The lowest BCUT2D eigenvalue weighted by atomic mass is 10.1. The molecule has 6 heteroatoms. The van der Waals surface area contributed by atoms with Gasteiger partial charge in [-0.05, 0) is 83.7 Å². The molecule has 3 aromatic rings. The molecule has 0 saturated carbocycles. The maximum atomic E-state index is 6.26. The van der Waals surface area contributed by atoms with Crippen LogP contribution in [-0.4, -0.2) is 12.8 Å². The smallest absolute Gasteiger partial charge is 0.175 e. The van der Waals surface area contributed by atoms with Gasteiger partial charge < -0.3 is 9.47 Å². The quantitative estimate of drug-likeness (QED) is 0.303. The van der Waals surface area contributed by atoms with Gasteiger partial charge in [0, 0.05) is 21.8 Å². The molecule has 0 atom stereocenters. The van der Waals surface area contributed by atoms with Crippen LogP contribution >= 0.6 is 39.1 Å². The molecule has 0 unspecified atom stereocenters. The lowest BCUT2D eigenvalue weighted by Crippen LogP contribution is -2.02. The highest BCUT2D eigenvalue weighted by Gasteiger charge is 2.13. The van der Waals surface area contributed by atoms with Crippen LogP contribution in [0.1, 0.15) is 29.2 Å². The monoisotopic (exact) mass is 505 g/mol. The summed E-state index contributed by atoms with van der Waals surface area (Å²) in [5.74, 6) is 1.26. The molecular formula is C24H22BrCl2NO2. The van der Waals surface area contributed by atoms with Crippen molar-refractivity contribution >= 4 is 51.0 Å². The van der Waals surface area contributed by atoms with Gasteiger partial charge in [0.1, 0.15) is 6.61 Å². The highest BCUT2D eigenvalue weighted by Crippen LogP contribution is 2.38. The Morgan fingerprint density at radius 1 is 1.03 bits per heavy atom. The molecule has 0 spiro atoms. The summed E-state index contributed by atoms with van der Waals surface area (Å²) in [6.07, 6.45) is 1.83. The zero-order chi connectivity index (χ0) is 21.7. The molecule has 0 aliphatic heterocycles. The van der Waals surface area contributed by atoms with E-state index in [1.807, 2.05) is 43.5 Å². The van der Waals surface area contributed by atoms with Crippen molar-refractivity contribution in [2.24, 2.45) is 4.99 Å². The van der Waals surface area contributed by atoms with E-state index in [-0.39, 0.29) is 0 Å². The minimum Gasteiger partial charge on any atom is -0.490 e. The summed E-state index contributed by atoms with van der Waals surface area (Å²) in [5, 5.41) is 1.15. The zero-order valence-corrected chi connectivity index (χ0v) is 20.1. The third-order valence-electron chi connectivity index (χ3n) is 4.65. The molecular weight excluding hydrogens is 485 g/mol. The van der Waals surface area contributed by atoms with Crippen LogP contribution in [-0.2, 0) is 6.61 Å². The Balaban J connectivity index is 1.86. The molecule has 30 heavy (non-hydrogen) atoms. The van der Waals surface area contributed by atoms with E-state index in [0.717, 1.165) is 26.9 Å². The minimum atomic E-state index is 0.296. The van der Waals surface area contributed by atoms with Gasteiger partial charge in [-0.3, -0.25) is 4.99 Å². The third-order valence-corrected chi connectivity index (χ3v) is 5.82. The van der Waals surface area contributed by atoms with Crippen molar-refractivity contribution in [1.29, 1.82) is 0 Å². The Bertz CT molecular complexity index is 1080. The summed E-state index contributed by atoms with van der Waals surface area (Å²) in [4.78, 5) is 4.65. The molecule has 0 heterocycles. The van der Waals surface area contributed by atoms with Gasteiger partial charge in [0.25, 0.3) is 0 Å². The molecule has 0 aromatic heterocycles. The number of hydrogen-bond donors (Lipinski definition) is 0. The van der Waals surface area contributed by atoms with Crippen LogP contribution in [0.15, 0.2) is 58.0 Å². The van der Waals surface area contributed by atoms with Gasteiger partial charge in [0.05, 0.1) is 16.8 Å². The maximum Gasteiger partial charge on any atom is 0.175 e. The second-order valence-electron chi connectivity index (χ2n) is 6.76. The van der Waals surface area contributed by atoms with E-state index in [9.17, 15) is 0 Å². The first-order chi connectivity index (χ1) is 14.4. The van der Waals surface area contributed by atoms with Gasteiger partial charge in [-0.2, -0.15) is 0 Å². The molecule has 0 aliphatic carbocycles. The molecule has 0 radical (unpaired) electrons. The summed E-state index contributed by atoms with van der Waals surface area (Å²) < 4.78 is 12.6. The first-order valence-corrected chi connectivity index (χ1v) is 11.1. The summed E-state index contributed by atoms with van der Waals surface area (Å²) in [6, 6.07) is 15.3. The Hall–Kier alpha value is -2.01. The minimum absolute atomic E-state index is 0.296. The summed E-state index contributed by atoms with van der Waals surface area (Å²) in [7, 11) is 0. The van der Waals surface area contributed by atoms with Crippen LogP contribution < -0.4 is 9.47 Å². The predicted octanol–water partition coefficient (Wildman–Crippen LogP) is 8.10. The van der Waals surface area contributed by atoms with E-state index in [2.05, 4.69) is 40.8 Å². The molecule has 3 rings (SSSR count). The zero-order valence-electron chi connectivity index (χ0n) is 17.0. The number of ether oxygens (including phenoxy) is 2. The number of nitrogens with zero attached hydrogens (tertiary/aromatic N) is 1. The number of hydrogen-bond acceptors (Lipinski definition) is 3. The average Bonchev–Trinajstić information content (AvgIpc) is 2.70. The first-order valence-electron chi connectivity index (χ1n) is 9.52. The second-order valence-corrected chi connectivity index (χ2v) is 8.46. The normalized spacial score (nSPS) is 11.1. The number of rotatable bonds is 7. The lowest BCUT2D eigenvalue weighted by molar-refractivity contribution is 0.267. The molecule has 3 nitrogen and oxygen atoms in total. The molecule has 156 valence electrons. The van der Waals surface area contributed by atoms with Crippen molar-refractivity contribution in [1.82, 2.24) is 0 Å². The van der Waals surface area contributed by atoms with Crippen molar-refractivity contribution in [2.45, 2.75) is 27.4 Å². The molecule has 0 fully saturated rings. The van der Waals surface area contributed by atoms with E-state index in [1.54, 1.807) is 12.1 Å². The van der Waals surface area contributed by atoms with Crippen molar-refractivity contribution in [3.63, 3.8) is 0 Å². The molecule has 0 saturated heterocycles. The van der Waals surface area contributed by atoms with E-state index >= 15 is 0 Å². The highest BCUT2D eigenvalue weighted by molar-refractivity contribution is 9.10. The van der Waals surface area contributed by atoms with Gasteiger partial charge in [-0.1, -0.05) is 41.4 Å². The van der Waals surface area contributed by atoms with Gasteiger partial charge in [0.15, 0.2) is 11.5 Å². The highest BCUT2D eigenvalue weighted by atomic mass is 79.9. The Morgan fingerprint density at radius 2 is 1.83 bits per heavy atom. The van der Waals surface area contributed by atoms with Crippen LogP contribution in [0.2, 0.25) is 10.0 Å². The summed E-state index contributed by atoms with van der Waals surface area (Å²) in [5.41, 5.74) is 5.07. The van der Waals surface area contributed by atoms with Crippen LogP contribution in [0.3, 0.4) is 0 Å². The van der Waals surface area contributed by atoms with Crippen molar-refractivity contribution < 1.29 is 9.47 Å². The Morgan fingerprint density at radius 3 is 2.57 bits per heavy atom. The largest absolute Gasteiger partial charge is 0.490 e. The maximum absolute atomic E-state index is 6.26. The van der Waals surface area contributed by atoms with Gasteiger partial charge in [-0.15, -0.1) is 0 Å². The molecule has 3 aromatic carbocycles. The van der Waals surface area contributed by atoms with E-state index in [1.165, 1.54) is 5.56 Å². The fourth-order valence-electron chi connectivity index (χ4n) is 2.87. The van der Waals surface area contributed by atoms with Gasteiger partial charge in [0.2, 0.25) is 0 Å². The van der Waals surface area contributed by atoms with Crippen LogP contribution in [0, 0.1) is 13.8 Å². The molecule has 0 amide bonds. The topological polar surface area (TPSA) is 30.8 Å². The van der Waals surface area contributed by atoms with E-state index < -0.39 is 0 Å². The fraction of sp³-hybridized carbons (Fsp3) is 0.208. The number of halogens is 3. The van der Waals surface area contributed by atoms with Crippen molar-refractivity contribution in [3.05, 3.63) is 85.3 Å². The van der Waals surface area contributed by atoms with E-state index in [4.69, 9.17) is 32.7 Å². The standard InChI is InChI=1S/C24H22BrCl2NO2/c1-4-29-23-11-17(13-28-22-7-5-6-15(2)16(22)3)10-20(25)24(23)30-14-18-8-9-19(26)12-21(18)27/h5-13H,4,14H2,1-3H3. The molecule has 0 bridgehead atoms.